The molecule has 0 bridgehead atoms. The molecule has 3 atom stereocenters. The predicted octanol–water partition coefficient (Wildman–Crippen LogP) is 4.85. The quantitative estimate of drug-likeness (QED) is 0.201. The average molecular weight is 604 g/mol. The summed E-state index contributed by atoms with van der Waals surface area (Å²) < 4.78 is 23.5. The van der Waals surface area contributed by atoms with E-state index in [-0.39, 0.29) is 23.8 Å². The highest BCUT2D eigenvalue weighted by Gasteiger charge is 2.30. The van der Waals surface area contributed by atoms with Crippen LogP contribution in [0.3, 0.4) is 0 Å². The molecule has 0 aliphatic carbocycles. The molecular formula is C35H45N3O6. The van der Waals surface area contributed by atoms with Gasteiger partial charge >= 0.3 is 0 Å². The van der Waals surface area contributed by atoms with Gasteiger partial charge in [0.25, 0.3) is 5.91 Å². The number of hydrogen-bond acceptors (Lipinski definition) is 7. The van der Waals surface area contributed by atoms with Crippen LogP contribution in [0.15, 0.2) is 72.8 Å². The van der Waals surface area contributed by atoms with E-state index in [1.165, 1.54) is 12.5 Å². The fourth-order valence-corrected chi connectivity index (χ4v) is 5.31. The van der Waals surface area contributed by atoms with E-state index in [4.69, 9.17) is 18.9 Å². The minimum Gasteiger partial charge on any atom is -0.496 e. The summed E-state index contributed by atoms with van der Waals surface area (Å²) in [6, 6.07) is 23.7. The van der Waals surface area contributed by atoms with Gasteiger partial charge in [-0.3, -0.25) is 9.59 Å². The molecule has 1 fully saturated rings. The second kappa shape index (κ2) is 17.4. The first-order valence-electron chi connectivity index (χ1n) is 15.4. The van der Waals surface area contributed by atoms with Gasteiger partial charge in [-0.1, -0.05) is 48.5 Å². The third-order valence-corrected chi connectivity index (χ3v) is 7.68. The van der Waals surface area contributed by atoms with Gasteiger partial charge in [0.2, 0.25) is 5.91 Å². The van der Waals surface area contributed by atoms with Gasteiger partial charge in [-0.2, -0.15) is 0 Å². The Morgan fingerprint density at radius 3 is 2.50 bits per heavy atom. The number of carbonyl (C=O) groups excluding carboxylic acids is 2. The summed E-state index contributed by atoms with van der Waals surface area (Å²) in [4.78, 5) is 24.4. The summed E-state index contributed by atoms with van der Waals surface area (Å²) in [5, 5.41) is 9.23. The van der Waals surface area contributed by atoms with Crippen LogP contribution < -0.4 is 25.4 Å². The molecule has 1 aliphatic rings. The number of benzene rings is 3. The first-order chi connectivity index (χ1) is 21.4. The number of carbonyl (C=O) groups is 2. The number of ether oxygens (including phenoxy) is 4. The minimum atomic E-state index is -0.640. The molecule has 2 amide bonds. The molecular weight excluding hydrogens is 558 g/mol. The number of para-hydroxylation sites is 2. The zero-order valence-corrected chi connectivity index (χ0v) is 26.0. The molecule has 0 saturated carbocycles. The third kappa shape index (κ3) is 10.1. The molecule has 0 aromatic heterocycles. The van der Waals surface area contributed by atoms with Gasteiger partial charge in [-0.05, 0) is 61.7 Å². The van der Waals surface area contributed by atoms with E-state index in [0.29, 0.717) is 39.3 Å². The summed E-state index contributed by atoms with van der Waals surface area (Å²) in [7, 11) is 1.66. The Bertz CT molecular complexity index is 1330. The molecule has 236 valence electrons. The average Bonchev–Trinajstić information content (AvgIpc) is 3.04. The number of piperidine rings is 1. The zero-order chi connectivity index (χ0) is 31.1. The molecule has 1 saturated heterocycles. The van der Waals surface area contributed by atoms with E-state index < -0.39 is 6.10 Å². The largest absolute Gasteiger partial charge is 0.496 e. The Kier molecular flexibility index (Phi) is 13.0. The topological polar surface area (TPSA) is 107 Å². The highest BCUT2D eigenvalue weighted by atomic mass is 16.5. The maximum Gasteiger partial charge on any atom is 0.253 e. The molecule has 1 aliphatic heterocycles. The Hall–Kier alpha value is -3.92. The Morgan fingerprint density at radius 1 is 0.977 bits per heavy atom. The van der Waals surface area contributed by atoms with Crippen LogP contribution in [-0.2, 0) is 32.1 Å². The van der Waals surface area contributed by atoms with Gasteiger partial charge in [0.1, 0.15) is 17.6 Å². The van der Waals surface area contributed by atoms with Crippen molar-refractivity contribution in [1.29, 1.82) is 0 Å². The molecule has 44 heavy (non-hydrogen) atoms. The first-order valence-corrected chi connectivity index (χ1v) is 15.4. The van der Waals surface area contributed by atoms with Crippen LogP contribution in [0.5, 0.6) is 11.5 Å². The first kappa shape index (κ1) is 33.0. The highest BCUT2D eigenvalue weighted by Crippen LogP contribution is 2.30. The molecule has 0 spiro atoms. The molecule has 3 aromatic rings. The SMILES string of the molecule is COc1ccccc1COCCCOc1ccc(C2CCNCC2O[C@@H](C)C(=O)Nc2ccccc2CCNC(C)=O)cc1. The van der Waals surface area contributed by atoms with Crippen LogP contribution in [0, 0.1) is 0 Å². The van der Waals surface area contributed by atoms with Crippen molar-refractivity contribution < 1.29 is 28.5 Å². The number of rotatable bonds is 16. The molecule has 3 aromatic carbocycles. The van der Waals surface area contributed by atoms with Crippen LogP contribution in [-0.4, -0.2) is 64.0 Å². The van der Waals surface area contributed by atoms with Crippen LogP contribution in [0.4, 0.5) is 5.69 Å². The van der Waals surface area contributed by atoms with Gasteiger partial charge in [0.15, 0.2) is 0 Å². The monoisotopic (exact) mass is 603 g/mol. The second-order valence-electron chi connectivity index (χ2n) is 10.9. The van der Waals surface area contributed by atoms with Crippen molar-refractivity contribution >= 4 is 17.5 Å². The molecule has 4 rings (SSSR count). The third-order valence-electron chi connectivity index (χ3n) is 7.68. The van der Waals surface area contributed by atoms with Crippen LogP contribution >= 0.6 is 0 Å². The molecule has 2 unspecified atom stereocenters. The molecule has 9 heteroatoms. The number of methoxy groups -OCH3 is 1. The summed E-state index contributed by atoms with van der Waals surface area (Å²) >= 11 is 0. The lowest BCUT2D eigenvalue weighted by Gasteiger charge is -2.34. The van der Waals surface area contributed by atoms with Gasteiger partial charge in [0, 0.05) is 43.6 Å². The second-order valence-corrected chi connectivity index (χ2v) is 10.9. The van der Waals surface area contributed by atoms with E-state index in [1.54, 1.807) is 14.0 Å². The smallest absolute Gasteiger partial charge is 0.253 e. The fourth-order valence-electron chi connectivity index (χ4n) is 5.31. The Labute approximate surface area is 260 Å². The molecule has 1 heterocycles. The summed E-state index contributed by atoms with van der Waals surface area (Å²) in [5.74, 6) is 1.54. The van der Waals surface area contributed by atoms with Crippen molar-refractivity contribution in [2.24, 2.45) is 0 Å². The number of amides is 2. The van der Waals surface area contributed by atoms with E-state index in [2.05, 4.69) is 28.1 Å². The number of hydrogen-bond donors (Lipinski definition) is 3. The molecule has 9 nitrogen and oxygen atoms in total. The van der Waals surface area contributed by atoms with E-state index >= 15 is 0 Å². The summed E-state index contributed by atoms with van der Waals surface area (Å²) in [6.45, 7) is 7.01. The minimum absolute atomic E-state index is 0.0754. The molecule has 0 radical (unpaired) electrons. The van der Waals surface area contributed by atoms with Crippen molar-refractivity contribution in [3.63, 3.8) is 0 Å². The summed E-state index contributed by atoms with van der Waals surface area (Å²) in [6.07, 6.45) is 1.53. The maximum atomic E-state index is 13.1. The van der Waals surface area contributed by atoms with E-state index in [0.717, 1.165) is 47.7 Å². The predicted molar refractivity (Wildman–Crippen MR) is 171 cm³/mol. The van der Waals surface area contributed by atoms with Gasteiger partial charge < -0.3 is 34.9 Å². The Balaban J connectivity index is 1.23. The summed E-state index contributed by atoms with van der Waals surface area (Å²) in [5.41, 5.74) is 3.89. The molecule has 3 N–H and O–H groups in total. The van der Waals surface area contributed by atoms with Crippen molar-refractivity contribution in [2.75, 3.05) is 45.3 Å². The number of anilines is 1. The van der Waals surface area contributed by atoms with Gasteiger partial charge in [0.05, 0.1) is 33.0 Å². The number of nitrogens with one attached hydrogen (secondary N) is 3. The van der Waals surface area contributed by atoms with Crippen LogP contribution in [0.2, 0.25) is 0 Å². The lowest BCUT2D eigenvalue weighted by atomic mass is 9.87. The highest BCUT2D eigenvalue weighted by molar-refractivity contribution is 5.94. The van der Waals surface area contributed by atoms with Crippen LogP contribution in [0.25, 0.3) is 0 Å². The lowest BCUT2D eigenvalue weighted by Crippen LogP contribution is -2.44. The normalized spacial score (nSPS) is 17.0. The van der Waals surface area contributed by atoms with Crippen molar-refractivity contribution in [3.8, 4) is 11.5 Å². The van der Waals surface area contributed by atoms with Gasteiger partial charge in [-0.15, -0.1) is 0 Å². The van der Waals surface area contributed by atoms with E-state index in [9.17, 15) is 9.59 Å². The van der Waals surface area contributed by atoms with Crippen LogP contribution in [0.1, 0.15) is 49.3 Å². The van der Waals surface area contributed by atoms with Crippen molar-refractivity contribution in [1.82, 2.24) is 10.6 Å². The standard InChI is InChI=1S/C35H45N3O6/c1-25(35(40)38-32-11-6-4-9-28(32)17-20-37-26(2)39)44-34-23-36-19-18-31(34)27-13-15-30(16-14-27)43-22-8-21-42-24-29-10-5-7-12-33(29)41-3/h4-7,9-16,25,31,34,36H,8,17-24H2,1-3H3,(H,37,39)(H,38,40)/t25-,31?,34?/m0/s1. The fraction of sp³-hybridized carbons (Fsp3) is 0.429. The van der Waals surface area contributed by atoms with Crippen molar-refractivity contribution in [2.45, 2.75) is 57.8 Å². The van der Waals surface area contributed by atoms with Gasteiger partial charge in [-0.25, -0.2) is 0 Å². The lowest BCUT2D eigenvalue weighted by molar-refractivity contribution is -0.131. The zero-order valence-electron chi connectivity index (χ0n) is 26.0. The van der Waals surface area contributed by atoms with E-state index in [1.807, 2.05) is 60.7 Å². The van der Waals surface area contributed by atoms with Crippen molar-refractivity contribution in [3.05, 3.63) is 89.5 Å². The maximum absolute atomic E-state index is 13.1. The Morgan fingerprint density at radius 2 is 1.73 bits per heavy atom.